The summed E-state index contributed by atoms with van der Waals surface area (Å²) in [4.78, 5) is 0. The van der Waals surface area contributed by atoms with Gasteiger partial charge in [0.25, 0.3) is 0 Å². The Labute approximate surface area is 80.7 Å². The van der Waals surface area contributed by atoms with Crippen molar-refractivity contribution in [3.05, 3.63) is 23.5 Å². The van der Waals surface area contributed by atoms with Crippen LogP contribution in [0.1, 0.15) is 11.7 Å². The molecule has 0 fully saturated rings. The summed E-state index contributed by atoms with van der Waals surface area (Å²) in [7, 11) is 1.31. The number of aliphatic hydroxyl groups is 1. The third kappa shape index (κ3) is 1.78. The number of phenolic OH excluding ortho intramolecular Hbond substituents is 1. The van der Waals surface area contributed by atoms with Crippen molar-refractivity contribution in [2.75, 3.05) is 13.7 Å². The average Bonchev–Trinajstić information content (AvgIpc) is 2.21. The molecular formula is C9H12FNO3. The molecule has 0 aliphatic heterocycles. The van der Waals surface area contributed by atoms with Gasteiger partial charge in [0.1, 0.15) is 0 Å². The lowest BCUT2D eigenvalue weighted by atomic mass is 10.1. The second-order valence-corrected chi connectivity index (χ2v) is 2.77. The molecule has 5 heteroatoms. The standard InChI is InChI=1S/C9H12FNO3/c1-14-7-3-2-5(6(12)4-11)8(10)9(7)13/h2-3,6,12-13H,4,11H2,1H3. The van der Waals surface area contributed by atoms with Gasteiger partial charge in [-0.05, 0) is 12.1 Å². The van der Waals surface area contributed by atoms with E-state index in [1.165, 1.54) is 19.2 Å². The van der Waals surface area contributed by atoms with Crippen molar-refractivity contribution in [1.82, 2.24) is 0 Å². The number of halogens is 1. The van der Waals surface area contributed by atoms with E-state index in [1.807, 2.05) is 0 Å². The van der Waals surface area contributed by atoms with E-state index in [2.05, 4.69) is 0 Å². The predicted molar refractivity (Wildman–Crippen MR) is 48.6 cm³/mol. The third-order valence-corrected chi connectivity index (χ3v) is 1.91. The normalized spacial score (nSPS) is 12.6. The number of phenols is 1. The molecule has 78 valence electrons. The zero-order valence-corrected chi connectivity index (χ0v) is 7.70. The second kappa shape index (κ2) is 4.26. The Morgan fingerprint density at radius 3 is 2.71 bits per heavy atom. The average molecular weight is 201 g/mol. The number of rotatable bonds is 3. The van der Waals surface area contributed by atoms with Gasteiger partial charge in [-0.3, -0.25) is 0 Å². The van der Waals surface area contributed by atoms with E-state index >= 15 is 0 Å². The first-order valence-corrected chi connectivity index (χ1v) is 4.05. The second-order valence-electron chi connectivity index (χ2n) is 2.77. The lowest BCUT2D eigenvalue weighted by Crippen LogP contribution is -2.13. The van der Waals surface area contributed by atoms with Crippen LogP contribution in [0.25, 0.3) is 0 Å². The minimum atomic E-state index is -1.12. The van der Waals surface area contributed by atoms with Crippen molar-refractivity contribution in [2.24, 2.45) is 5.73 Å². The van der Waals surface area contributed by atoms with Gasteiger partial charge in [-0.25, -0.2) is 4.39 Å². The molecule has 0 saturated heterocycles. The van der Waals surface area contributed by atoms with Gasteiger partial charge in [0, 0.05) is 12.1 Å². The number of benzene rings is 1. The first kappa shape index (κ1) is 10.7. The summed E-state index contributed by atoms with van der Waals surface area (Å²) >= 11 is 0. The van der Waals surface area contributed by atoms with E-state index in [0.29, 0.717) is 0 Å². The number of methoxy groups -OCH3 is 1. The molecule has 0 aliphatic carbocycles. The summed E-state index contributed by atoms with van der Waals surface area (Å²) in [5, 5.41) is 18.6. The Morgan fingerprint density at radius 2 is 2.21 bits per heavy atom. The van der Waals surface area contributed by atoms with Crippen molar-refractivity contribution in [3.8, 4) is 11.5 Å². The van der Waals surface area contributed by atoms with Crippen molar-refractivity contribution >= 4 is 0 Å². The first-order valence-electron chi connectivity index (χ1n) is 4.05. The fraction of sp³-hybridized carbons (Fsp3) is 0.333. The van der Waals surface area contributed by atoms with Gasteiger partial charge in [-0.2, -0.15) is 0 Å². The minimum absolute atomic E-state index is 0.0236. The third-order valence-electron chi connectivity index (χ3n) is 1.91. The molecule has 1 rings (SSSR count). The molecular weight excluding hydrogens is 189 g/mol. The smallest absolute Gasteiger partial charge is 0.194 e. The molecule has 0 radical (unpaired) electrons. The van der Waals surface area contributed by atoms with Gasteiger partial charge in [0.2, 0.25) is 0 Å². The van der Waals surface area contributed by atoms with Gasteiger partial charge in [-0.1, -0.05) is 0 Å². The van der Waals surface area contributed by atoms with E-state index in [4.69, 9.17) is 10.5 Å². The molecule has 1 unspecified atom stereocenters. The number of nitrogens with two attached hydrogens (primary N) is 1. The molecule has 0 bridgehead atoms. The molecule has 0 heterocycles. The topological polar surface area (TPSA) is 75.7 Å². The van der Waals surface area contributed by atoms with Crippen LogP contribution >= 0.6 is 0 Å². The van der Waals surface area contributed by atoms with E-state index < -0.39 is 17.7 Å². The van der Waals surface area contributed by atoms with Crippen LogP contribution in [-0.2, 0) is 0 Å². The molecule has 0 aromatic heterocycles. The fourth-order valence-electron chi connectivity index (χ4n) is 1.11. The van der Waals surface area contributed by atoms with E-state index in [0.717, 1.165) is 0 Å². The van der Waals surface area contributed by atoms with Crippen molar-refractivity contribution < 1.29 is 19.3 Å². The minimum Gasteiger partial charge on any atom is -0.502 e. The number of ether oxygens (including phenoxy) is 1. The Kier molecular flexibility index (Phi) is 3.27. The highest BCUT2D eigenvalue weighted by Gasteiger charge is 2.17. The molecule has 0 aliphatic rings. The van der Waals surface area contributed by atoms with Gasteiger partial charge in [0.05, 0.1) is 13.2 Å². The first-order chi connectivity index (χ1) is 6.61. The summed E-state index contributed by atoms with van der Waals surface area (Å²) < 4.78 is 18.0. The largest absolute Gasteiger partial charge is 0.502 e. The summed E-state index contributed by atoms with van der Waals surface area (Å²) in [6.45, 7) is -0.108. The Bertz CT molecular complexity index is 330. The van der Waals surface area contributed by atoms with Gasteiger partial charge in [0.15, 0.2) is 17.3 Å². The van der Waals surface area contributed by atoms with Crippen LogP contribution in [-0.4, -0.2) is 23.9 Å². The van der Waals surface area contributed by atoms with E-state index in [1.54, 1.807) is 0 Å². The molecule has 0 saturated carbocycles. The summed E-state index contributed by atoms with van der Waals surface area (Å²) in [5.74, 6) is -1.49. The van der Waals surface area contributed by atoms with Crippen LogP contribution in [0, 0.1) is 5.82 Å². The number of hydrogen-bond donors (Lipinski definition) is 3. The zero-order valence-electron chi connectivity index (χ0n) is 7.70. The molecule has 1 aromatic rings. The van der Waals surface area contributed by atoms with Crippen molar-refractivity contribution in [1.29, 1.82) is 0 Å². The van der Waals surface area contributed by atoms with Crippen LogP contribution in [0.15, 0.2) is 12.1 Å². The van der Waals surface area contributed by atoms with Gasteiger partial charge < -0.3 is 20.7 Å². The van der Waals surface area contributed by atoms with E-state index in [-0.39, 0.29) is 17.9 Å². The molecule has 0 amide bonds. The Balaban J connectivity index is 3.17. The molecule has 4 N–H and O–H groups in total. The van der Waals surface area contributed by atoms with Crippen LogP contribution in [0.5, 0.6) is 11.5 Å². The van der Waals surface area contributed by atoms with Gasteiger partial charge >= 0.3 is 0 Å². The summed E-state index contributed by atoms with van der Waals surface area (Å²) in [6.07, 6.45) is -1.12. The van der Waals surface area contributed by atoms with Crippen LogP contribution < -0.4 is 10.5 Å². The van der Waals surface area contributed by atoms with Crippen LogP contribution in [0.2, 0.25) is 0 Å². The summed E-state index contributed by atoms with van der Waals surface area (Å²) in [6, 6.07) is 2.69. The zero-order chi connectivity index (χ0) is 10.7. The molecule has 4 nitrogen and oxygen atoms in total. The highest BCUT2D eigenvalue weighted by Crippen LogP contribution is 2.32. The van der Waals surface area contributed by atoms with Crippen LogP contribution in [0.3, 0.4) is 0 Å². The predicted octanol–water partition coefficient (Wildman–Crippen LogP) is 0.532. The number of aliphatic hydroxyl groups excluding tert-OH is 1. The lowest BCUT2D eigenvalue weighted by Gasteiger charge is -2.11. The number of aromatic hydroxyl groups is 1. The van der Waals surface area contributed by atoms with Crippen molar-refractivity contribution in [3.63, 3.8) is 0 Å². The highest BCUT2D eigenvalue weighted by molar-refractivity contribution is 5.44. The molecule has 1 atom stereocenters. The fourth-order valence-corrected chi connectivity index (χ4v) is 1.11. The maximum absolute atomic E-state index is 13.3. The Morgan fingerprint density at radius 1 is 1.57 bits per heavy atom. The quantitative estimate of drug-likeness (QED) is 0.666. The van der Waals surface area contributed by atoms with E-state index in [9.17, 15) is 14.6 Å². The van der Waals surface area contributed by atoms with Crippen molar-refractivity contribution in [2.45, 2.75) is 6.10 Å². The SMILES string of the molecule is COc1ccc(C(O)CN)c(F)c1O. The molecule has 0 spiro atoms. The maximum atomic E-state index is 13.3. The highest BCUT2D eigenvalue weighted by atomic mass is 19.1. The lowest BCUT2D eigenvalue weighted by molar-refractivity contribution is 0.180. The van der Waals surface area contributed by atoms with Crippen LogP contribution in [0.4, 0.5) is 4.39 Å². The maximum Gasteiger partial charge on any atom is 0.194 e. The molecule has 1 aromatic carbocycles. The monoisotopic (exact) mass is 201 g/mol. The Hall–Kier alpha value is -1.33. The van der Waals surface area contributed by atoms with Gasteiger partial charge in [-0.15, -0.1) is 0 Å². The molecule has 14 heavy (non-hydrogen) atoms. The summed E-state index contributed by atoms with van der Waals surface area (Å²) in [5.41, 5.74) is 5.13. The number of hydrogen-bond acceptors (Lipinski definition) is 4.